The van der Waals surface area contributed by atoms with Crippen LogP contribution in [0.25, 0.3) is 0 Å². The molecule has 6 heteroatoms. The average Bonchev–Trinajstić information content (AvgIpc) is 2.39. The molecule has 0 spiro atoms. The molecule has 4 rings (SSSR count). The third kappa shape index (κ3) is 2.71. The van der Waals surface area contributed by atoms with Crippen LogP contribution in [0.2, 0.25) is 0 Å². The van der Waals surface area contributed by atoms with Crippen molar-refractivity contribution in [1.82, 2.24) is 5.32 Å². The van der Waals surface area contributed by atoms with Crippen LogP contribution in [0.4, 0.5) is 0 Å². The number of nitrogens with one attached hydrogen (secondary N) is 1. The molecule has 114 valence electrons. The molecule has 0 aromatic carbocycles. The lowest BCUT2D eigenvalue weighted by Gasteiger charge is -2.54. The smallest absolute Gasteiger partial charge is 0.238 e. The van der Waals surface area contributed by atoms with Crippen molar-refractivity contribution in [3.63, 3.8) is 0 Å². The van der Waals surface area contributed by atoms with E-state index in [0.29, 0.717) is 17.9 Å². The molecular weight excluding hydrogens is 278 g/mol. The molecule has 2 N–H and O–H groups in total. The largest absolute Gasteiger partial charge is 0.352 e. The number of carbonyl (C=O) groups excluding carboxylic acids is 1. The summed E-state index contributed by atoms with van der Waals surface area (Å²) in [5.41, 5.74) is 0. The van der Waals surface area contributed by atoms with Crippen molar-refractivity contribution >= 4 is 17.9 Å². The fourth-order valence-electron chi connectivity index (χ4n) is 4.62. The zero-order valence-corrected chi connectivity index (χ0v) is 12.8. The Labute approximate surface area is 123 Å². The second-order valence-corrected chi connectivity index (χ2v) is 8.49. The van der Waals surface area contributed by atoms with E-state index >= 15 is 0 Å². The van der Waals surface area contributed by atoms with Gasteiger partial charge in [-0.3, -0.25) is 4.79 Å². The maximum atomic E-state index is 12.4. The lowest BCUT2D eigenvalue weighted by molar-refractivity contribution is -0.432. The minimum atomic E-state index is -0.780. The molecule has 0 heterocycles. The van der Waals surface area contributed by atoms with Gasteiger partial charge in [-0.15, -0.1) is 4.33 Å². The van der Waals surface area contributed by atoms with Crippen molar-refractivity contribution in [2.45, 2.75) is 56.7 Å². The van der Waals surface area contributed by atoms with Gasteiger partial charge in [0.05, 0.1) is 12.0 Å². The van der Waals surface area contributed by atoms with Gasteiger partial charge in [-0.1, -0.05) is 5.04 Å². The molecule has 4 aliphatic carbocycles. The van der Waals surface area contributed by atoms with Crippen LogP contribution >= 0.6 is 12.0 Å². The molecule has 0 aromatic rings. The summed E-state index contributed by atoms with van der Waals surface area (Å²) < 4.78 is 3.66. The van der Waals surface area contributed by atoms with E-state index in [-0.39, 0.29) is 5.91 Å². The normalized spacial score (nSPS) is 39.0. The van der Waals surface area contributed by atoms with Crippen molar-refractivity contribution in [1.29, 1.82) is 0 Å². The summed E-state index contributed by atoms with van der Waals surface area (Å²) in [5.74, 6) is 3.08. The molecule has 0 aliphatic heterocycles. The molecule has 4 fully saturated rings. The van der Waals surface area contributed by atoms with Gasteiger partial charge in [0.25, 0.3) is 0 Å². The Hall–Kier alpha value is -0.300. The van der Waals surface area contributed by atoms with E-state index in [0.717, 1.165) is 23.9 Å². The highest BCUT2D eigenvalue weighted by molar-refractivity contribution is 7.96. The Balaban J connectivity index is 1.61. The minimum absolute atomic E-state index is 0.0444. The predicted molar refractivity (Wildman–Crippen MR) is 75.4 cm³/mol. The monoisotopic (exact) mass is 301 g/mol. The van der Waals surface area contributed by atoms with Crippen LogP contribution in [0.15, 0.2) is 0 Å². The maximum Gasteiger partial charge on any atom is 0.238 e. The predicted octanol–water partition coefficient (Wildman–Crippen LogP) is 2.78. The van der Waals surface area contributed by atoms with E-state index in [1.165, 1.54) is 32.1 Å². The molecule has 5 nitrogen and oxygen atoms in total. The third-order valence-corrected chi connectivity index (χ3v) is 6.08. The lowest BCUT2D eigenvalue weighted by atomic mass is 9.54. The zero-order chi connectivity index (χ0) is 14.3. The second kappa shape index (κ2) is 5.48. The van der Waals surface area contributed by atoms with E-state index in [4.69, 9.17) is 5.26 Å². The third-order valence-electron chi connectivity index (χ3n) is 5.34. The second-order valence-electron chi connectivity index (χ2n) is 7.17. The van der Waals surface area contributed by atoms with Crippen LogP contribution in [-0.4, -0.2) is 22.0 Å². The van der Waals surface area contributed by atoms with E-state index in [1.54, 1.807) is 13.8 Å². The molecule has 4 aliphatic rings. The molecule has 1 amide bonds. The Morgan fingerprint density at radius 1 is 1.15 bits per heavy atom. The van der Waals surface area contributed by atoms with Gasteiger partial charge in [-0.25, -0.2) is 5.26 Å². The standard InChI is InChI=1S/C14H23NO4S/c1-14(2,20-19-18-17)13(16)15-12-10-4-8-3-9(6-10)7-11(12)5-8/h8-12,17H,3-7H2,1-2H3,(H,15,16). The van der Waals surface area contributed by atoms with Gasteiger partial charge >= 0.3 is 0 Å². The van der Waals surface area contributed by atoms with E-state index in [2.05, 4.69) is 14.7 Å². The highest BCUT2D eigenvalue weighted by Gasteiger charge is 2.49. The summed E-state index contributed by atoms with van der Waals surface area (Å²) in [7, 11) is 0. The van der Waals surface area contributed by atoms with Gasteiger partial charge in [0.2, 0.25) is 5.91 Å². The highest BCUT2D eigenvalue weighted by Crippen LogP contribution is 2.53. The molecular formula is C14H23NO4S. The molecule has 4 saturated carbocycles. The Morgan fingerprint density at radius 3 is 2.20 bits per heavy atom. The summed E-state index contributed by atoms with van der Waals surface area (Å²) in [6.07, 6.45) is 6.53. The summed E-state index contributed by atoms with van der Waals surface area (Å²) in [6.45, 7) is 3.53. The first-order valence-electron chi connectivity index (χ1n) is 7.46. The number of amides is 1. The van der Waals surface area contributed by atoms with Crippen LogP contribution in [-0.2, 0) is 14.2 Å². The van der Waals surface area contributed by atoms with Gasteiger partial charge in [0, 0.05) is 6.04 Å². The highest BCUT2D eigenvalue weighted by atomic mass is 32.2. The maximum absolute atomic E-state index is 12.4. The molecule has 0 unspecified atom stereocenters. The van der Waals surface area contributed by atoms with Crippen LogP contribution in [0.3, 0.4) is 0 Å². The molecule has 20 heavy (non-hydrogen) atoms. The SMILES string of the molecule is CC(C)(SOOO)C(=O)NC1C2CC3CC(C2)CC1C3. The van der Waals surface area contributed by atoms with Gasteiger partial charge in [0.15, 0.2) is 0 Å². The summed E-state index contributed by atoms with van der Waals surface area (Å²) in [6, 6.07) is 0.324. The van der Waals surface area contributed by atoms with Crippen LogP contribution < -0.4 is 5.32 Å². The Bertz CT molecular complexity index is 359. The first-order valence-corrected chi connectivity index (χ1v) is 8.20. The quantitative estimate of drug-likeness (QED) is 0.464. The van der Waals surface area contributed by atoms with Crippen molar-refractivity contribution < 1.29 is 19.4 Å². The fourth-order valence-corrected chi connectivity index (χ4v) is 4.96. The topological polar surface area (TPSA) is 67.8 Å². The van der Waals surface area contributed by atoms with Crippen LogP contribution in [0.5, 0.6) is 0 Å². The van der Waals surface area contributed by atoms with Crippen molar-refractivity contribution in [2.75, 3.05) is 0 Å². The zero-order valence-electron chi connectivity index (χ0n) is 12.0. The average molecular weight is 301 g/mol. The van der Waals surface area contributed by atoms with E-state index in [1.807, 2.05) is 0 Å². The molecule has 0 atom stereocenters. The van der Waals surface area contributed by atoms with E-state index in [9.17, 15) is 4.79 Å². The summed E-state index contributed by atoms with van der Waals surface area (Å²) >= 11 is 0.829. The first kappa shape index (κ1) is 14.6. The number of rotatable bonds is 5. The van der Waals surface area contributed by atoms with Crippen molar-refractivity contribution in [3.8, 4) is 0 Å². The number of hydrogen-bond acceptors (Lipinski definition) is 5. The molecule has 0 aromatic heterocycles. The molecule has 0 saturated heterocycles. The minimum Gasteiger partial charge on any atom is -0.352 e. The van der Waals surface area contributed by atoms with E-state index < -0.39 is 4.75 Å². The molecule has 4 bridgehead atoms. The van der Waals surface area contributed by atoms with Gasteiger partial charge in [-0.2, -0.15) is 0 Å². The lowest BCUT2D eigenvalue weighted by Crippen LogP contribution is -2.58. The number of hydrogen-bond donors (Lipinski definition) is 2. The summed E-state index contributed by atoms with van der Waals surface area (Å²) in [4.78, 5) is 12.4. The van der Waals surface area contributed by atoms with Crippen LogP contribution in [0.1, 0.15) is 46.0 Å². The number of carbonyl (C=O) groups is 1. The van der Waals surface area contributed by atoms with Crippen molar-refractivity contribution in [3.05, 3.63) is 0 Å². The summed E-state index contributed by atoms with van der Waals surface area (Å²) in [5, 5.41) is 15.1. The van der Waals surface area contributed by atoms with Gasteiger partial charge in [-0.05, 0) is 69.6 Å². The molecule has 0 radical (unpaired) electrons. The Kier molecular flexibility index (Phi) is 4.01. The van der Waals surface area contributed by atoms with Gasteiger partial charge < -0.3 is 5.32 Å². The van der Waals surface area contributed by atoms with Gasteiger partial charge in [0.1, 0.15) is 4.75 Å². The van der Waals surface area contributed by atoms with Crippen molar-refractivity contribution in [2.24, 2.45) is 23.7 Å². The fraction of sp³-hybridized carbons (Fsp3) is 0.929. The Morgan fingerprint density at radius 2 is 1.70 bits per heavy atom. The first-order chi connectivity index (χ1) is 9.49. The van der Waals surface area contributed by atoms with Crippen LogP contribution in [0, 0.1) is 23.7 Å².